The van der Waals surface area contributed by atoms with Gasteiger partial charge in [0.2, 0.25) is 5.91 Å². The summed E-state index contributed by atoms with van der Waals surface area (Å²) < 4.78 is 7.40. The number of halogens is 1. The van der Waals surface area contributed by atoms with Gasteiger partial charge in [0, 0.05) is 34.8 Å². The zero-order valence-corrected chi connectivity index (χ0v) is 22.8. The molecule has 2 N–H and O–H groups in total. The standard InChI is InChI=1S/C27H31ClN6O4/c1-16-31-32-25-21(15-23(35)29-12-13-33(26(36)37)27(2,3)4)30-24(17-6-8-18(28)9-7-17)20-14-19(38-5)10-11-22(20)34(16)25/h6-11,14,21H,12-13,15H2,1-5H3,(H,29,35)(H,36,37)/t21-/m0/s1. The Kier molecular flexibility index (Phi) is 7.73. The molecule has 200 valence electrons. The molecule has 0 saturated carbocycles. The lowest BCUT2D eigenvalue weighted by atomic mass is 10.00. The predicted octanol–water partition coefficient (Wildman–Crippen LogP) is 4.41. The summed E-state index contributed by atoms with van der Waals surface area (Å²) in [5, 5.41) is 21.6. The number of ether oxygens (including phenoxy) is 1. The van der Waals surface area contributed by atoms with E-state index in [1.54, 1.807) is 19.2 Å². The molecule has 0 fully saturated rings. The molecule has 1 aliphatic heterocycles. The fourth-order valence-corrected chi connectivity index (χ4v) is 4.58. The number of hydrogen-bond donors (Lipinski definition) is 2. The van der Waals surface area contributed by atoms with Crippen LogP contribution in [0.5, 0.6) is 5.75 Å². The molecule has 2 aromatic carbocycles. The van der Waals surface area contributed by atoms with E-state index >= 15 is 0 Å². The number of fused-ring (bicyclic) bond motifs is 3. The van der Waals surface area contributed by atoms with Gasteiger partial charge in [-0.3, -0.25) is 14.4 Å². The second-order valence-corrected chi connectivity index (χ2v) is 10.4. The highest BCUT2D eigenvalue weighted by molar-refractivity contribution is 6.30. The molecule has 38 heavy (non-hydrogen) atoms. The van der Waals surface area contributed by atoms with Gasteiger partial charge in [0.25, 0.3) is 0 Å². The van der Waals surface area contributed by atoms with E-state index in [4.69, 9.17) is 21.3 Å². The molecule has 2 heterocycles. The summed E-state index contributed by atoms with van der Waals surface area (Å²) in [4.78, 5) is 31.0. The average molecular weight is 539 g/mol. The van der Waals surface area contributed by atoms with Gasteiger partial charge < -0.3 is 20.1 Å². The predicted molar refractivity (Wildman–Crippen MR) is 145 cm³/mol. The first-order valence-corrected chi connectivity index (χ1v) is 12.6. The number of hydrogen-bond acceptors (Lipinski definition) is 6. The Morgan fingerprint density at radius 1 is 1.16 bits per heavy atom. The van der Waals surface area contributed by atoms with Crippen molar-refractivity contribution in [1.82, 2.24) is 25.0 Å². The highest BCUT2D eigenvalue weighted by atomic mass is 35.5. The number of amides is 2. The first kappa shape index (κ1) is 27.1. The molecule has 0 radical (unpaired) electrons. The number of methoxy groups -OCH3 is 1. The molecule has 1 atom stereocenters. The monoisotopic (exact) mass is 538 g/mol. The Bertz CT molecular complexity index is 1380. The van der Waals surface area contributed by atoms with Gasteiger partial charge in [-0.15, -0.1) is 10.2 Å². The second kappa shape index (κ2) is 10.8. The van der Waals surface area contributed by atoms with Crippen LogP contribution >= 0.6 is 11.6 Å². The van der Waals surface area contributed by atoms with Gasteiger partial charge in [0.05, 0.1) is 24.9 Å². The van der Waals surface area contributed by atoms with Crippen molar-refractivity contribution >= 4 is 29.3 Å². The molecular formula is C27H31ClN6O4. The number of aryl methyl sites for hydroxylation is 1. The molecule has 0 bridgehead atoms. The van der Waals surface area contributed by atoms with Gasteiger partial charge in [-0.05, 0) is 58.0 Å². The molecular weight excluding hydrogens is 508 g/mol. The number of rotatable bonds is 7. The first-order chi connectivity index (χ1) is 18.0. The minimum atomic E-state index is -1.04. The Hall–Kier alpha value is -3.92. The van der Waals surface area contributed by atoms with Gasteiger partial charge >= 0.3 is 6.09 Å². The van der Waals surface area contributed by atoms with E-state index in [1.807, 2.05) is 62.6 Å². The molecule has 0 saturated heterocycles. The van der Waals surface area contributed by atoms with Gasteiger partial charge in [0.1, 0.15) is 17.6 Å². The van der Waals surface area contributed by atoms with Gasteiger partial charge in [-0.2, -0.15) is 0 Å². The minimum absolute atomic E-state index is 0.00291. The summed E-state index contributed by atoms with van der Waals surface area (Å²) in [6.07, 6.45) is -1.03. The molecule has 0 aliphatic carbocycles. The van der Waals surface area contributed by atoms with Crippen LogP contribution in [0.15, 0.2) is 47.5 Å². The van der Waals surface area contributed by atoms with Crippen LogP contribution in [0.3, 0.4) is 0 Å². The van der Waals surface area contributed by atoms with Crippen molar-refractivity contribution in [3.8, 4) is 11.4 Å². The number of nitrogens with one attached hydrogen (secondary N) is 1. The second-order valence-electron chi connectivity index (χ2n) is 9.98. The summed E-state index contributed by atoms with van der Waals surface area (Å²) in [5.74, 6) is 1.58. The zero-order valence-electron chi connectivity index (χ0n) is 22.0. The summed E-state index contributed by atoms with van der Waals surface area (Å²) >= 11 is 6.15. The third kappa shape index (κ3) is 5.65. The number of carbonyl (C=O) groups is 2. The Balaban J connectivity index is 1.69. The smallest absolute Gasteiger partial charge is 0.407 e. The highest BCUT2D eigenvalue weighted by Crippen LogP contribution is 2.34. The first-order valence-electron chi connectivity index (χ1n) is 12.2. The summed E-state index contributed by atoms with van der Waals surface area (Å²) in [7, 11) is 1.60. The number of nitrogens with zero attached hydrogens (tertiary/aromatic N) is 5. The van der Waals surface area contributed by atoms with Crippen LogP contribution in [0.2, 0.25) is 5.02 Å². The number of carboxylic acid groups (broad SMARTS) is 1. The largest absolute Gasteiger partial charge is 0.497 e. The molecule has 0 spiro atoms. The van der Waals surface area contributed by atoms with Crippen molar-refractivity contribution in [3.05, 3.63) is 70.3 Å². The van der Waals surface area contributed by atoms with Crippen LogP contribution in [0.1, 0.15) is 56.0 Å². The van der Waals surface area contributed by atoms with E-state index in [9.17, 15) is 14.7 Å². The lowest BCUT2D eigenvalue weighted by molar-refractivity contribution is -0.121. The number of benzene rings is 2. The van der Waals surface area contributed by atoms with Crippen molar-refractivity contribution in [2.75, 3.05) is 20.2 Å². The Morgan fingerprint density at radius 3 is 2.50 bits per heavy atom. The third-order valence-corrected chi connectivity index (χ3v) is 6.58. The lowest BCUT2D eigenvalue weighted by Gasteiger charge is -2.33. The SMILES string of the molecule is COc1ccc2c(c1)C(c1ccc(Cl)cc1)=N[C@@H](CC(=O)NCCN(C(=O)O)C(C)(C)C)c1nnc(C)n1-2. The van der Waals surface area contributed by atoms with E-state index in [1.165, 1.54) is 4.90 Å². The molecule has 11 heteroatoms. The molecule has 4 rings (SSSR count). The lowest BCUT2D eigenvalue weighted by Crippen LogP contribution is -2.48. The van der Waals surface area contributed by atoms with Crippen molar-refractivity contribution in [3.63, 3.8) is 0 Å². The maximum atomic E-state index is 13.1. The van der Waals surface area contributed by atoms with Crippen LogP contribution in [0.4, 0.5) is 4.79 Å². The zero-order chi connectivity index (χ0) is 27.6. The number of aromatic nitrogens is 3. The van der Waals surface area contributed by atoms with Gasteiger partial charge in [0.15, 0.2) is 5.82 Å². The quantitative estimate of drug-likeness (QED) is 0.459. The fourth-order valence-electron chi connectivity index (χ4n) is 4.45. The molecule has 10 nitrogen and oxygen atoms in total. The average Bonchev–Trinajstić information content (AvgIpc) is 3.18. The van der Waals surface area contributed by atoms with E-state index in [0.717, 1.165) is 16.8 Å². The molecule has 0 unspecified atom stereocenters. The topological polar surface area (TPSA) is 122 Å². The summed E-state index contributed by atoms with van der Waals surface area (Å²) in [5.41, 5.74) is 2.54. The van der Waals surface area contributed by atoms with E-state index in [-0.39, 0.29) is 25.4 Å². The van der Waals surface area contributed by atoms with Crippen molar-refractivity contribution in [2.24, 2.45) is 4.99 Å². The summed E-state index contributed by atoms with van der Waals surface area (Å²) in [6, 6.07) is 12.4. The van der Waals surface area contributed by atoms with Gasteiger partial charge in [-0.1, -0.05) is 23.7 Å². The molecule has 2 amide bonds. The fraction of sp³-hybridized carbons (Fsp3) is 0.370. The number of aliphatic imine (C=N–C) groups is 1. The maximum Gasteiger partial charge on any atom is 0.407 e. The Morgan fingerprint density at radius 2 is 1.87 bits per heavy atom. The Labute approximate surface area is 226 Å². The van der Waals surface area contributed by atoms with Crippen LogP contribution in [0, 0.1) is 6.92 Å². The van der Waals surface area contributed by atoms with Crippen molar-refractivity contribution in [1.29, 1.82) is 0 Å². The van der Waals surface area contributed by atoms with E-state index < -0.39 is 17.7 Å². The number of carbonyl (C=O) groups excluding carboxylic acids is 1. The molecule has 1 aromatic heterocycles. The summed E-state index contributed by atoms with van der Waals surface area (Å²) in [6.45, 7) is 7.61. The van der Waals surface area contributed by atoms with Crippen molar-refractivity contribution in [2.45, 2.75) is 45.7 Å². The van der Waals surface area contributed by atoms with Crippen molar-refractivity contribution < 1.29 is 19.4 Å². The van der Waals surface area contributed by atoms with Crippen LogP contribution in [0.25, 0.3) is 5.69 Å². The van der Waals surface area contributed by atoms with E-state index in [0.29, 0.717) is 28.1 Å². The van der Waals surface area contributed by atoms with E-state index in [2.05, 4.69) is 15.5 Å². The molecule has 1 aliphatic rings. The van der Waals surface area contributed by atoms with Crippen LogP contribution < -0.4 is 10.1 Å². The highest BCUT2D eigenvalue weighted by Gasteiger charge is 2.30. The normalized spacial score (nSPS) is 14.6. The third-order valence-electron chi connectivity index (χ3n) is 6.33. The minimum Gasteiger partial charge on any atom is -0.497 e. The van der Waals surface area contributed by atoms with Crippen LogP contribution in [-0.2, 0) is 4.79 Å². The maximum absolute atomic E-state index is 13.1. The van der Waals surface area contributed by atoms with Crippen LogP contribution in [-0.4, -0.2) is 68.2 Å². The molecule has 3 aromatic rings. The van der Waals surface area contributed by atoms with Gasteiger partial charge in [-0.25, -0.2) is 4.79 Å².